The van der Waals surface area contributed by atoms with Gasteiger partial charge < -0.3 is 5.11 Å². The summed E-state index contributed by atoms with van der Waals surface area (Å²) in [5.74, 6) is -0.180. The summed E-state index contributed by atoms with van der Waals surface area (Å²) in [6.45, 7) is 4.15. The van der Waals surface area contributed by atoms with Gasteiger partial charge in [0, 0.05) is 12.7 Å². The third-order valence-corrected chi connectivity index (χ3v) is 4.48. The molecule has 1 saturated carbocycles. The zero-order valence-corrected chi connectivity index (χ0v) is 12.4. The third kappa shape index (κ3) is 2.01. The van der Waals surface area contributed by atoms with Crippen molar-refractivity contribution in [3.63, 3.8) is 0 Å². The second-order valence-electron chi connectivity index (χ2n) is 5.77. The molecule has 1 N–H and O–H groups in total. The van der Waals surface area contributed by atoms with Crippen molar-refractivity contribution in [1.82, 2.24) is 30.0 Å². The molecule has 8 heteroatoms. The van der Waals surface area contributed by atoms with E-state index in [0.717, 1.165) is 23.4 Å². The van der Waals surface area contributed by atoms with Crippen LogP contribution in [0.15, 0.2) is 0 Å². The summed E-state index contributed by atoms with van der Waals surface area (Å²) in [4.78, 5) is 11.5. The molecule has 0 aliphatic heterocycles. The fourth-order valence-electron chi connectivity index (χ4n) is 2.92. The zero-order valence-electron chi connectivity index (χ0n) is 12.4. The molecule has 1 fully saturated rings. The Morgan fingerprint density at radius 2 is 2.10 bits per heavy atom. The minimum absolute atomic E-state index is 0.304. The number of rotatable bonds is 4. The minimum atomic E-state index is -0.769. The molecule has 112 valence electrons. The van der Waals surface area contributed by atoms with E-state index < -0.39 is 11.4 Å². The molecule has 0 bridgehead atoms. The quantitative estimate of drug-likeness (QED) is 0.900. The molecule has 21 heavy (non-hydrogen) atoms. The predicted octanol–water partition coefficient (Wildman–Crippen LogP) is 0.945. The normalized spacial score (nSPS) is 16.7. The number of hydrogen-bond donors (Lipinski definition) is 1. The van der Waals surface area contributed by atoms with Crippen molar-refractivity contribution in [3.05, 3.63) is 11.4 Å². The van der Waals surface area contributed by atoms with E-state index in [1.54, 1.807) is 9.36 Å². The molecule has 0 radical (unpaired) electrons. The maximum Gasteiger partial charge on any atom is 0.311 e. The standard InChI is InChI=1S/C13H18N6O2/c1-8-10(9(2)18(3)15-8)11-14-16-17-19(11)7-13(12(20)21)5-4-6-13/h4-7H2,1-3H3,(H,20,21). The SMILES string of the molecule is Cc1nn(C)c(C)c1-c1nnnn1CC1(C(=O)O)CCC1. The van der Waals surface area contributed by atoms with Crippen LogP contribution in [0.25, 0.3) is 11.4 Å². The molecule has 2 aromatic rings. The maximum atomic E-state index is 11.5. The minimum Gasteiger partial charge on any atom is -0.481 e. The van der Waals surface area contributed by atoms with Crippen molar-refractivity contribution in [1.29, 1.82) is 0 Å². The Balaban J connectivity index is 2.00. The Morgan fingerprint density at radius 3 is 2.57 bits per heavy atom. The topological polar surface area (TPSA) is 98.7 Å². The van der Waals surface area contributed by atoms with Gasteiger partial charge in [0.25, 0.3) is 0 Å². The maximum absolute atomic E-state index is 11.5. The van der Waals surface area contributed by atoms with Crippen LogP contribution in [-0.2, 0) is 18.4 Å². The summed E-state index contributed by atoms with van der Waals surface area (Å²) in [7, 11) is 1.87. The van der Waals surface area contributed by atoms with Crippen molar-refractivity contribution < 1.29 is 9.90 Å². The second-order valence-corrected chi connectivity index (χ2v) is 5.77. The molecule has 1 aliphatic rings. The molecule has 0 atom stereocenters. The Hall–Kier alpha value is -2.25. The Bertz CT molecular complexity index is 698. The van der Waals surface area contributed by atoms with Gasteiger partial charge in [-0.15, -0.1) is 5.10 Å². The molecule has 0 unspecified atom stereocenters. The third-order valence-electron chi connectivity index (χ3n) is 4.48. The first-order valence-corrected chi connectivity index (χ1v) is 6.95. The number of carboxylic acids is 1. The second kappa shape index (κ2) is 4.64. The summed E-state index contributed by atoms with van der Waals surface area (Å²) in [6.07, 6.45) is 2.29. The summed E-state index contributed by atoms with van der Waals surface area (Å²) in [6, 6.07) is 0. The van der Waals surface area contributed by atoms with Crippen LogP contribution in [0.5, 0.6) is 0 Å². The van der Waals surface area contributed by atoms with Gasteiger partial charge in [0.05, 0.1) is 23.2 Å². The molecular weight excluding hydrogens is 272 g/mol. The molecule has 1 aliphatic carbocycles. The van der Waals surface area contributed by atoms with Crippen LogP contribution in [-0.4, -0.2) is 41.1 Å². The number of nitrogens with zero attached hydrogens (tertiary/aromatic N) is 6. The fourth-order valence-corrected chi connectivity index (χ4v) is 2.92. The summed E-state index contributed by atoms with van der Waals surface area (Å²) in [5, 5.41) is 25.6. The van der Waals surface area contributed by atoms with Gasteiger partial charge in [-0.1, -0.05) is 6.42 Å². The fraction of sp³-hybridized carbons (Fsp3) is 0.615. The number of tetrazole rings is 1. The van der Waals surface area contributed by atoms with Gasteiger partial charge in [-0.25, -0.2) is 4.68 Å². The first-order chi connectivity index (χ1) is 9.94. The predicted molar refractivity (Wildman–Crippen MR) is 73.4 cm³/mol. The van der Waals surface area contributed by atoms with E-state index in [4.69, 9.17) is 0 Å². The van der Waals surface area contributed by atoms with Crippen molar-refractivity contribution in [3.8, 4) is 11.4 Å². The number of carboxylic acid groups (broad SMARTS) is 1. The van der Waals surface area contributed by atoms with Crippen LogP contribution in [0.2, 0.25) is 0 Å². The van der Waals surface area contributed by atoms with E-state index in [-0.39, 0.29) is 0 Å². The average molecular weight is 290 g/mol. The number of aryl methyl sites for hydroxylation is 2. The number of aliphatic carboxylic acids is 1. The van der Waals surface area contributed by atoms with Crippen LogP contribution in [0, 0.1) is 19.3 Å². The van der Waals surface area contributed by atoms with E-state index in [0.29, 0.717) is 25.2 Å². The van der Waals surface area contributed by atoms with Crippen LogP contribution in [0.1, 0.15) is 30.7 Å². The molecule has 0 aromatic carbocycles. The zero-order chi connectivity index (χ0) is 15.2. The van der Waals surface area contributed by atoms with Crippen LogP contribution >= 0.6 is 0 Å². The van der Waals surface area contributed by atoms with Gasteiger partial charge in [0.1, 0.15) is 0 Å². The van der Waals surface area contributed by atoms with Crippen LogP contribution < -0.4 is 0 Å². The van der Waals surface area contributed by atoms with Gasteiger partial charge in [0.15, 0.2) is 5.82 Å². The Kier molecular flexibility index (Phi) is 3.03. The Labute approximate surface area is 121 Å². The largest absolute Gasteiger partial charge is 0.481 e. The van der Waals surface area contributed by atoms with Crippen molar-refractivity contribution in [2.75, 3.05) is 0 Å². The van der Waals surface area contributed by atoms with Gasteiger partial charge in [-0.05, 0) is 37.1 Å². The molecule has 2 aromatic heterocycles. The molecular formula is C13H18N6O2. The van der Waals surface area contributed by atoms with Crippen molar-refractivity contribution >= 4 is 5.97 Å². The number of carbonyl (C=O) groups is 1. The molecule has 0 spiro atoms. The first-order valence-electron chi connectivity index (χ1n) is 6.95. The summed E-state index contributed by atoms with van der Waals surface area (Å²) < 4.78 is 3.38. The molecule has 2 heterocycles. The highest BCUT2D eigenvalue weighted by Gasteiger charge is 2.45. The van der Waals surface area contributed by atoms with Gasteiger partial charge in [-0.3, -0.25) is 9.48 Å². The smallest absolute Gasteiger partial charge is 0.311 e. The van der Waals surface area contributed by atoms with Crippen molar-refractivity contribution in [2.24, 2.45) is 12.5 Å². The van der Waals surface area contributed by atoms with Crippen LogP contribution in [0.3, 0.4) is 0 Å². The highest BCUT2D eigenvalue weighted by atomic mass is 16.4. The van der Waals surface area contributed by atoms with E-state index in [9.17, 15) is 9.90 Å². The lowest BCUT2D eigenvalue weighted by Gasteiger charge is -2.37. The average Bonchev–Trinajstić information content (AvgIpc) is 2.89. The lowest BCUT2D eigenvalue weighted by molar-refractivity contribution is -0.156. The van der Waals surface area contributed by atoms with Gasteiger partial charge in [-0.2, -0.15) is 5.10 Å². The van der Waals surface area contributed by atoms with Gasteiger partial charge in [0.2, 0.25) is 0 Å². The lowest BCUT2D eigenvalue weighted by atomic mass is 9.69. The first kappa shape index (κ1) is 13.7. The van der Waals surface area contributed by atoms with Crippen molar-refractivity contribution in [2.45, 2.75) is 39.7 Å². The Morgan fingerprint density at radius 1 is 1.38 bits per heavy atom. The van der Waals surface area contributed by atoms with Gasteiger partial charge >= 0.3 is 5.97 Å². The molecule has 0 amide bonds. The molecule has 8 nitrogen and oxygen atoms in total. The summed E-state index contributed by atoms with van der Waals surface area (Å²) in [5.41, 5.74) is 1.95. The highest BCUT2D eigenvalue weighted by Crippen LogP contribution is 2.43. The van der Waals surface area contributed by atoms with E-state index in [1.807, 2.05) is 20.9 Å². The number of aromatic nitrogens is 6. The highest BCUT2D eigenvalue weighted by molar-refractivity contribution is 5.75. The monoisotopic (exact) mass is 290 g/mol. The van der Waals surface area contributed by atoms with E-state index in [2.05, 4.69) is 20.6 Å². The van der Waals surface area contributed by atoms with E-state index in [1.165, 1.54) is 0 Å². The molecule has 0 saturated heterocycles. The summed E-state index contributed by atoms with van der Waals surface area (Å²) >= 11 is 0. The molecule has 3 rings (SSSR count). The lowest BCUT2D eigenvalue weighted by Crippen LogP contribution is -2.42. The van der Waals surface area contributed by atoms with Crippen LogP contribution in [0.4, 0.5) is 0 Å². The number of hydrogen-bond acceptors (Lipinski definition) is 5. The van der Waals surface area contributed by atoms with E-state index >= 15 is 0 Å².